The molecule has 11 heteroatoms. The Bertz CT molecular complexity index is 1100. The van der Waals surface area contributed by atoms with Crippen LogP contribution < -0.4 is 4.72 Å². The summed E-state index contributed by atoms with van der Waals surface area (Å²) in [5.41, 5.74) is 0.518. The number of hydrogen-bond donors (Lipinski definition) is 1. The van der Waals surface area contributed by atoms with Gasteiger partial charge in [-0.1, -0.05) is 22.9 Å². The molecule has 0 amide bonds. The van der Waals surface area contributed by atoms with Crippen molar-refractivity contribution in [1.82, 2.24) is 4.98 Å². The number of rotatable bonds is 4. The van der Waals surface area contributed by atoms with Crippen LogP contribution in [-0.2, 0) is 19.9 Å². The number of nitrogens with one attached hydrogen (secondary N) is 1. The smallest absolute Gasteiger partial charge is 0.254 e. The number of thiazole rings is 1. The molecule has 6 nitrogen and oxygen atoms in total. The largest absolute Gasteiger partial charge is 0.273 e. The van der Waals surface area contributed by atoms with Crippen molar-refractivity contribution in [3.8, 4) is 0 Å². The number of anilines is 1. The summed E-state index contributed by atoms with van der Waals surface area (Å²) in [7, 11) is -7.10. The maximum Gasteiger partial charge on any atom is 0.273 e. The van der Waals surface area contributed by atoms with Crippen LogP contribution in [0.1, 0.15) is 0 Å². The van der Waals surface area contributed by atoms with Crippen LogP contribution in [-0.4, -0.2) is 28.1 Å². The highest BCUT2D eigenvalue weighted by atomic mass is 35.5. The minimum absolute atomic E-state index is 0.0820. The van der Waals surface area contributed by atoms with Gasteiger partial charge in [0, 0.05) is 6.26 Å². The fourth-order valence-corrected chi connectivity index (χ4v) is 6.13. The summed E-state index contributed by atoms with van der Waals surface area (Å²) in [5.74, 6) is 0. The second-order valence-corrected chi connectivity index (χ2v) is 11.3. The highest BCUT2D eigenvalue weighted by Crippen LogP contribution is 2.31. The molecule has 122 valence electrons. The van der Waals surface area contributed by atoms with Gasteiger partial charge in [-0.25, -0.2) is 21.8 Å². The first kappa shape index (κ1) is 16.7. The summed E-state index contributed by atoms with van der Waals surface area (Å²) in [6.45, 7) is 0. The van der Waals surface area contributed by atoms with Crippen LogP contribution in [0.15, 0.2) is 39.4 Å². The Kier molecular flexibility index (Phi) is 4.13. The van der Waals surface area contributed by atoms with Gasteiger partial charge in [-0.15, -0.1) is 11.3 Å². The van der Waals surface area contributed by atoms with Gasteiger partial charge < -0.3 is 0 Å². The van der Waals surface area contributed by atoms with Crippen LogP contribution in [0.5, 0.6) is 0 Å². The summed E-state index contributed by atoms with van der Waals surface area (Å²) in [6.07, 6.45) is 1.11. The molecular formula is C12H9ClN2O4S4. The number of halogens is 1. The highest BCUT2D eigenvalue weighted by molar-refractivity contribution is 7.95. The number of sulfonamides is 1. The molecule has 2 heterocycles. The molecule has 2 aromatic heterocycles. The number of aromatic nitrogens is 1. The van der Waals surface area contributed by atoms with Gasteiger partial charge in [-0.2, -0.15) is 0 Å². The fourth-order valence-electron chi connectivity index (χ4n) is 1.79. The lowest BCUT2D eigenvalue weighted by Crippen LogP contribution is -2.10. The van der Waals surface area contributed by atoms with Crippen molar-refractivity contribution in [1.29, 1.82) is 0 Å². The van der Waals surface area contributed by atoms with Crippen molar-refractivity contribution in [2.75, 3.05) is 11.0 Å². The maximum atomic E-state index is 12.2. The van der Waals surface area contributed by atoms with Crippen LogP contribution >= 0.6 is 34.3 Å². The third-order valence-corrected chi connectivity index (χ3v) is 8.06. The van der Waals surface area contributed by atoms with E-state index < -0.39 is 19.9 Å². The van der Waals surface area contributed by atoms with Crippen molar-refractivity contribution < 1.29 is 16.8 Å². The summed E-state index contributed by atoms with van der Waals surface area (Å²) in [4.78, 5) is 4.32. The molecular weight excluding hydrogens is 400 g/mol. The second-order valence-electron chi connectivity index (χ2n) is 4.58. The van der Waals surface area contributed by atoms with Crippen molar-refractivity contribution >= 4 is 69.5 Å². The predicted molar refractivity (Wildman–Crippen MR) is 92.9 cm³/mol. The quantitative estimate of drug-likeness (QED) is 0.715. The van der Waals surface area contributed by atoms with Crippen molar-refractivity contribution in [2.24, 2.45) is 0 Å². The van der Waals surface area contributed by atoms with Gasteiger partial charge in [0.15, 0.2) is 15.0 Å². The molecule has 0 spiro atoms. The number of thiophene rings is 1. The van der Waals surface area contributed by atoms with E-state index in [0.717, 1.165) is 28.9 Å². The molecule has 0 atom stereocenters. The Morgan fingerprint density at radius 3 is 2.43 bits per heavy atom. The Hall–Kier alpha value is -1.20. The number of nitrogens with zero attached hydrogens (tertiary/aromatic N) is 1. The van der Waals surface area contributed by atoms with Gasteiger partial charge in [-0.05, 0) is 30.3 Å². The topological polar surface area (TPSA) is 93.2 Å². The van der Waals surface area contributed by atoms with Gasteiger partial charge in [0.05, 0.1) is 19.4 Å². The van der Waals surface area contributed by atoms with E-state index in [1.54, 1.807) is 6.07 Å². The molecule has 0 aliphatic heterocycles. The van der Waals surface area contributed by atoms with E-state index in [1.807, 2.05) is 0 Å². The minimum atomic E-state index is -3.76. The van der Waals surface area contributed by atoms with Crippen LogP contribution in [0.25, 0.3) is 10.2 Å². The van der Waals surface area contributed by atoms with Gasteiger partial charge in [0.25, 0.3) is 10.0 Å². The number of sulfone groups is 1. The SMILES string of the molecule is CS(=O)(=O)c1ccc2nc(NS(=O)(=O)c3ccc(Cl)s3)sc2c1. The van der Waals surface area contributed by atoms with E-state index >= 15 is 0 Å². The molecule has 0 unspecified atom stereocenters. The lowest BCUT2D eigenvalue weighted by molar-refractivity contribution is 0.600. The van der Waals surface area contributed by atoms with E-state index in [4.69, 9.17) is 11.6 Å². The number of hydrogen-bond acceptors (Lipinski definition) is 7. The molecule has 0 aliphatic carbocycles. The second kappa shape index (κ2) is 5.71. The lowest BCUT2D eigenvalue weighted by Gasteiger charge is -2.00. The Morgan fingerprint density at radius 1 is 1.09 bits per heavy atom. The molecule has 3 rings (SSSR count). The predicted octanol–water partition coefficient (Wildman–Crippen LogP) is 3.22. The minimum Gasteiger partial charge on any atom is -0.254 e. The average molecular weight is 409 g/mol. The third kappa shape index (κ3) is 3.50. The van der Waals surface area contributed by atoms with Gasteiger partial charge >= 0.3 is 0 Å². The number of fused-ring (bicyclic) bond motifs is 1. The van der Waals surface area contributed by atoms with E-state index in [1.165, 1.54) is 24.3 Å². The summed E-state index contributed by atoms with van der Waals surface area (Å²) >= 11 is 7.75. The fraction of sp³-hybridized carbons (Fsp3) is 0.0833. The van der Waals surface area contributed by atoms with Gasteiger partial charge in [-0.3, -0.25) is 4.72 Å². The number of benzene rings is 1. The highest BCUT2D eigenvalue weighted by Gasteiger charge is 2.19. The summed E-state index contributed by atoms with van der Waals surface area (Å²) in [5, 5.41) is 0.162. The van der Waals surface area contributed by atoms with E-state index in [0.29, 0.717) is 14.6 Å². The monoisotopic (exact) mass is 408 g/mol. The van der Waals surface area contributed by atoms with E-state index in [9.17, 15) is 16.8 Å². The summed E-state index contributed by atoms with van der Waals surface area (Å²) in [6, 6.07) is 7.36. The third-order valence-electron chi connectivity index (χ3n) is 2.82. The molecule has 0 radical (unpaired) electrons. The van der Waals surface area contributed by atoms with Crippen LogP contribution in [0, 0.1) is 0 Å². The van der Waals surface area contributed by atoms with Gasteiger partial charge in [0.2, 0.25) is 0 Å². The standard InChI is InChI=1S/C12H9ClN2O4S4/c1-22(16,17)7-2-3-8-9(6-7)20-12(14-8)15-23(18,19)11-5-4-10(13)21-11/h2-6H,1H3,(H,14,15). The zero-order chi connectivity index (χ0) is 16.8. The molecule has 0 fully saturated rings. The van der Waals surface area contributed by atoms with Crippen molar-refractivity contribution in [3.63, 3.8) is 0 Å². The normalized spacial score (nSPS) is 12.6. The van der Waals surface area contributed by atoms with Crippen molar-refractivity contribution in [2.45, 2.75) is 9.10 Å². The molecule has 1 aromatic carbocycles. The first-order chi connectivity index (χ1) is 10.6. The van der Waals surface area contributed by atoms with E-state index in [2.05, 4.69) is 9.71 Å². The van der Waals surface area contributed by atoms with Gasteiger partial charge in [0.1, 0.15) is 4.21 Å². The van der Waals surface area contributed by atoms with E-state index in [-0.39, 0.29) is 14.2 Å². The first-order valence-corrected chi connectivity index (χ1v) is 11.4. The molecule has 23 heavy (non-hydrogen) atoms. The maximum absolute atomic E-state index is 12.2. The Balaban J connectivity index is 1.98. The van der Waals surface area contributed by atoms with Crippen molar-refractivity contribution in [3.05, 3.63) is 34.7 Å². The Morgan fingerprint density at radius 2 is 1.83 bits per heavy atom. The average Bonchev–Trinajstić information content (AvgIpc) is 3.01. The van der Waals surface area contributed by atoms with Crippen LogP contribution in [0.3, 0.4) is 0 Å². The molecule has 3 aromatic rings. The van der Waals surface area contributed by atoms with Crippen LogP contribution in [0.2, 0.25) is 4.34 Å². The molecule has 1 N–H and O–H groups in total. The molecule has 0 saturated heterocycles. The zero-order valence-electron chi connectivity index (χ0n) is 11.5. The molecule has 0 aliphatic rings. The first-order valence-electron chi connectivity index (χ1n) is 6.04. The Labute approximate surface area is 145 Å². The lowest BCUT2D eigenvalue weighted by atomic mass is 10.3. The summed E-state index contributed by atoms with van der Waals surface area (Å²) < 4.78 is 51.0. The zero-order valence-corrected chi connectivity index (χ0v) is 15.5. The molecule has 0 saturated carbocycles. The molecule has 0 bridgehead atoms. The van der Waals surface area contributed by atoms with Crippen LogP contribution in [0.4, 0.5) is 5.13 Å².